The molecule has 0 aromatic carbocycles. The zero-order valence-corrected chi connectivity index (χ0v) is 4.85. The van der Waals surface area contributed by atoms with Crippen molar-refractivity contribution in [3.8, 4) is 0 Å². The summed E-state index contributed by atoms with van der Waals surface area (Å²) in [5.74, 6) is 0. The van der Waals surface area contributed by atoms with Crippen LogP contribution >= 0.6 is 0 Å². The van der Waals surface area contributed by atoms with Gasteiger partial charge in [-0.25, -0.2) is 0 Å². The third kappa shape index (κ3) is 0.730. The first kappa shape index (κ1) is 4.61. The van der Waals surface area contributed by atoms with Crippen LogP contribution in [0.5, 0.6) is 0 Å². The van der Waals surface area contributed by atoms with Gasteiger partial charge in [0.2, 0.25) is 0 Å². The van der Waals surface area contributed by atoms with Crippen molar-refractivity contribution in [2.45, 2.75) is 0 Å². The van der Waals surface area contributed by atoms with Crippen LogP contribution in [0.2, 0.25) is 0 Å². The molecule has 0 unspecified atom stereocenters. The van der Waals surface area contributed by atoms with Crippen LogP contribution in [0.25, 0.3) is 0 Å². The van der Waals surface area contributed by atoms with Crippen LogP contribution in [0.15, 0.2) is 14.1 Å². The molecule has 5 heteroatoms. The minimum absolute atomic E-state index is 0.451. The van der Waals surface area contributed by atoms with Crippen LogP contribution in [0.1, 0.15) is 0 Å². The second kappa shape index (κ2) is 1.52. The first-order valence-corrected chi connectivity index (χ1v) is 3.19. The number of hydrogen-bond acceptors (Lipinski definition) is 3. The van der Waals surface area contributed by atoms with Gasteiger partial charge in [-0.3, -0.25) is 0 Å². The van der Waals surface area contributed by atoms with E-state index in [4.69, 9.17) is 0 Å². The molecular formula is C2HNO3Se. The van der Waals surface area contributed by atoms with Crippen LogP contribution in [0.3, 0.4) is 0 Å². The van der Waals surface area contributed by atoms with Crippen LogP contribution in [-0.4, -0.2) is 18.9 Å². The van der Waals surface area contributed by atoms with Crippen LogP contribution in [0, 0.1) is 0 Å². The van der Waals surface area contributed by atoms with Gasteiger partial charge in [-0.1, -0.05) is 0 Å². The van der Waals surface area contributed by atoms with E-state index in [1.807, 2.05) is 0 Å². The number of aromatic nitrogens is 1. The average Bonchev–Trinajstić information content (AvgIpc) is 1.91. The monoisotopic (exact) mass is 167 g/mol. The zero-order chi connectivity index (χ0) is 5.28. The SMILES string of the molecule is O=c1o[nH][se]c1=O. The summed E-state index contributed by atoms with van der Waals surface area (Å²) >= 11 is -0.461. The summed E-state index contributed by atoms with van der Waals surface area (Å²) in [6, 6.07) is 0. The van der Waals surface area contributed by atoms with Gasteiger partial charge in [0.05, 0.1) is 0 Å². The first-order chi connectivity index (χ1) is 3.30. The molecule has 4 nitrogen and oxygen atoms in total. The molecule has 1 rings (SSSR count). The Labute approximate surface area is 43.7 Å². The summed E-state index contributed by atoms with van der Waals surface area (Å²) in [5, 5.41) is 0. The quantitative estimate of drug-likeness (QED) is 0.372. The van der Waals surface area contributed by atoms with Gasteiger partial charge in [0.1, 0.15) is 0 Å². The normalized spacial score (nSPS) is 9.14. The second-order valence-electron chi connectivity index (χ2n) is 0.862. The van der Waals surface area contributed by atoms with E-state index in [1.165, 1.54) is 0 Å². The standard InChI is InChI=1S/C2HNO3Se/c4-1-2(5)7-3-6-1/h3H. The molecule has 38 valence electrons. The van der Waals surface area contributed by atoms with E-state index in [1.54, 1.807) is 0 Å². The third-order valence-electron chi connectivity index (χ3n) is 0.435. The Bertz CT molecular complexity index is 217. The summed E-state index contributed by atoms with van der Waals surface area (Å²) < 4.78 is 5.79. The molecule has 0 aliphatic heterocycles. The molecule has 0 radical (unpaired) electrons. The number of H-pyrrole nitrogens is 1. The van der Waals surface area contributed by atoms with E-state index < -0.39 is 24.7 Å². The van der Waals surface area contributed by atoms with Crippen molar-refractivity contribution < 1.29 is 4.52 Å². The van der Waals surface area contributed by atoms with E-state index in [9.17, 15) is 9.59 Å². The molecule has 1 aromatic heterocycles. The molecule has 0 fully saturated rings. The van der Waals surface area contributed by atoms with Crippen molar-refractivity contribution in [1.82, 2.24) is 4.15 Å². The number of nitrogens with one attached hydrogen (secondary N) is 1. The fourth-order valence-corrected chi connectivity index (χ4v) is 0.847. The maximum absolute atomic E-state index is 10.1. The van der Waals surface area contributed by atoms with Crippen molar-refractivity contribution in [2.75, 3.05) is 0 Å². The average molecular weight is 166 g/mol. The maximum atomic E-state index is 10.1. The zero-order valence-electron chi connectivity index (χ0n) is 3.13. The third-order valence-corrected chi connectivity index (χ3v) is 1.52. The molecule has 0 saturated heterocycles. The summed E-state index contributed by atoms with van der Waals surface area (Å²) in [5.41, 5.74) is -0.764. The Balaban J connectivity index is 3.71. The summed E-state index contributed by atoms with van der Waals surface area (Å²) in [6.45, 7) is 0. The Morgan fingerprint density at radius 1 is 1.57 bits per heavy atom. The van der Waals surface area contributed by atoms with Gasteiger partial charge in [0.25, 0.3) is 0 Å². The Morgan fingerprint density at radius 3 is 2.43 bits per heavy atom. The van der Waals surface area contributed by atoms with Gasteiger partial charge in [-0.2, -0.15) is 0 Å². The minimum atomic E-state index is -0.764. The molecular weight excluding hydrogens is 165 g/mol. The molecule has 1 N–H and O–H groups in total. The topological polar surface area (TPSA) is 63.1 Å². The van der Waals surface area contributed by atoms with Gasteiger partial charge < -0.3 is 0 Å². The van der Waals surface area contributed by atoms with E-state index in [2.05, 4.69) is 8.68 Å². The van der Waals surface area contributed by atoms with Gasteiger partial charge in [0.15, 0.2) is 0 Å². The summed E-state index contributed by atoms with van der Waals surface area (Å²) in [7, 11) is 0. The number of aromatic amines is 1. The van der Waals surface area contributed by atoms with Crippen LogP contribution in [-0.2, 0) is 0 Å². The summed E-state index contributed by atoms with van der Waals surface area (Å²) in [4.78, 5) is 20.0. The molecule has 0 saturated carbocycles. The van der Waals surface area contributed by atoms with Gasteiger partial charge in [0, 0.05) is 0 Å². The molecule has 7 heavy (non-hydrogen) atoms. The molecule has 0 atom stereocenters. The van der Waals surface area contributed by atoms with Crippen molar-refractivity contribution in [1.29, 1.82) is 0 Å². The van der Waals surface area contributed by atoms with Gasteiger partial charge in [-0.05, 0) is 0 Å². The van der Waals surface area contributed by atoms with Crippen LogP contribution in [0.4, 0.5) is 0 Å². The number of hydrogen-bond donors (Lipinski definition) is 1. The van der Waals surface area contributed by atoms with Crippen LogP contribution < -0.4 is 9.93 Å². The number of rotatable bonds is 0. The Hall–Kier alpha value is -0.541. The fraction of sp³-hybridized carbons (Fsp3) is 0. The molecule has 0 amide bonds. The first-order valence-electron chi connectivity index (χ1n) is 1.47. The van der Waals surface area contributed by atoms with E-state index in [-0.39, 0.29) is 0 Å². The Kier molecular flexibility index (Phi) is 1.00. The molecule has 1 aromatic rings. The van der Waals surface area contributed by atoms with Crippen molar-refractivity contribution >= 4 is 14.7 Å². The van der Waals surface area contributed by atoms with Crippen molar-refractivity contribution in [3.05, 3.63) is 19.5 Å². The van der Waals surface area contributed by atoms with E-state index >= 15 is 0 Å². The van der Waals surface area contributed by atoms with Crippen molar-refractivity contribution in [2.24, 2.45) is 0 Å². The van der Waals surface area contributed by atoms with Crippen molar-refractivity contribution in [3.63, 3.8) is 0 Å². The Morgan fingerprint density at radius 2 is 2.29 bits per heavy atom. The molecule has 0 aliphatic carbocycles. The van der Waals surface area contributed by atoms with E-state index in [0.717, 1.165) is 0 Å². The molecule has 1 heterocycles. The molecule has 0 aliphatic rings. The fourth-order valence-electron chi connectivity index (χ4n) is 0.180. The van der Waals surface area contributed by atoms with Gasteiger partial charge >= 0.3 is 42.9 Å². The predicted octanol–water partition coefficient (Wildman–Crippen LogP) is -1.61. The molecule has 0 spiro atoms. The molecule has 0 bridgehead atoms. The predicted molar refractivity (Wildman–Crippen MR) is 22.5 cm³/mol. The van der Waals surface area contributed by atoms with Gasteiger partial charge in [-0.15, -0.1) is 0 Å². The second-order valence-corrected chi connectivity index (χ2v) is 2.42. The summed E-state index contributed by atoms with van der Waals surface area (Å²) in [6.07, 6.45) is 0. The van der Waals surface area contributed by atoms with E-state index in [0.29, 0.717) is 0 Å².